The van der Waals surface area contributed by atoms with Crippen LogP contribution in [0.25, 0.3) is 0 Å². The lowest BCUT2D eigenvalue weighted by Crippen LogP contribution is -2.43. The number of ether oxygens (including phenoxy) is 1. The molecule has 4 rings (SSSR count). The first-order valence-electron chi connectivity index (χ1n) is 10.9. The van der Waals surface area contributed by atoms with E-state index in [-0.39, 0.29) is 5.75 Å². The molecule has 4 aromatic rings. The maximum Gasteiger partial charge on any atom is 0.344 e. The number of nitrogens with zero attached hydrogens (tertiary/aromatic N) is 1. The van der Waals surface area contributed by atoms with Gasteiger partial charge in [0.05, 0.1) is 16.3 Å². The van der Waals surface area contributed by atoms with Crippen molar-refractivity contribution in [3.8, 4) is 5.75 Å². The molecule has 0 bridgehead atoms. The van der Waals surface area contributed by atoms with Crippen LogP contribution in [0.1, 0.15) is 27.0 Å². The fourth-order valence-electron chi connectivity index (χ4n) is 3.59. The van der Waals surface area contributed by atoms with E-state index in [9.17, 15) is 14.7 Å². The van der Waals surface area contributed by atoms with Gasteiger partial charge in [0, 0.05) is 14.5 Å². The second-order valence-corrected chi connectivity index (χ2v) is 10.4. The van der Waals surface area contributed by atoms with Crippen LogP contribution in [0, 0.1) is 0 Å². The number of amides is 1. The smallest absolute Gasteiger partial charge is 0.344 e. The number of benzene rings is 4. The van der Waals surface area contributed by atoms with Crippen molar-refractivity contribution in [2.45, 2.75) is 5.60 Å². The molecule has 2 N–H and O–H groups in total. The van der Waals surface area contributed by atoms with E-state index in [4.69, 9.17) is 4.74 Å². The van der Waals surface area contributed by atoms with E-state index in [1.807, 2.05) is 0 Å². The zero-order chi connectivity index (χ0) is 26.4. The molecule has 0 aromatic heterocycles. The van der Waals surface area contributed by atoms with Crippen molar-refractivity contribution in [1.82, 2.24) is 5.43 Å². The summed E-state index contributed by atoms with van der Waals surface area (Å²) in [5.74, 6) is -1.11. The highest BCUT2D eigenvalue weighted by Gasteiger charge is 2.39. The van der Waals surface area contributed by atoms with Gasteiger partial charge in [-0.15, -0.1) is 0 Å². The third-order valence-corrected chi connectivity index (χ3v) is 7.15. The van der Waals surface area contributed by atoms with Crippen LogP contribution in [0.5, 0.6) is 5.75 Å². The zero-order valence-corrected chi connectivity index (χ0v) is 23.8. The van der Waals surface area contributed by atoms with E-state index in [0.29, 0.717) is 35.7 Å². The van der Waals surface area contributed by atoms with Crippen LogP contribution in [0.3, 0.4) is 0 Å². The molecule has 1 amide bonds. The van der Waals surface area contributed by atoms with Crippen molar-refractivity contribution >= 4 is 65.9 Å². The molecule has 0 unspecified atom stereocenters. The average molecular weight is 687 g/mol. The number of aliphatic hydroxyl groups is 1. The lowest BCUT2D eigenvalue weighted by atomic mass is 9.85. The predicted octanol–water partition coefficient (Wildman–Crippen LogP) is 6.58. The highest BCUT2D eigenvalue weighted by atomic mass is 79.9. The second-order valence-electron chi connectivity index (χ2n) is 7.82. The van der Waals surface area contributed by atoms with E-state index >= 15 is 0 Å². The molecule has 0 saturated heterocycles. The fraction of sp³-hybridized carbons (Fsp3) is 0.0357. The third-order valence-electron chi connectivity index (χ3n) is 5.41. The Balaban J connectivity index is 1.62. The second kappa shape index (κ2) is 12.0. The van der Waals surface area contributed by atoms with Gasteiger partial charge in [-0.05, 0) is 67.3 Å². The van der Waals surface area contributed by atoms with Gasteiger partial charge in [-0.1, -0.05) is 88.7 Å². The molecule has 0 aliphatic carbocycles. The highest BCUT2D eigenvalue weighted by molar-refractivity contribution is 9.11. The summed E-state index contributed by atoms with van der Waals surface area (Å²) < 4.78 is 7.46. The SMILES string of the molecule is O=C(Oc1c(Br)cc(Br)cc1C=NNC(=O)C(O)(c1ccccc1)c1ccccc1)c1ccccc1Br. The van der Waals surface area contributed by atoms with Gasteiger partial charge in [0.1, 0.15) is 0 Å². The van der Waals surface area contributed by atoms with E-state index in [0.717, 1.165) is 0 Å². The summed E-state index contributed by atoms with van der Waals surface area (Å²) in [6, 6.07) is 27.5. The minimum absolute atomic E-state index is 0.211. The lowest BCUT2D eigenvalue weighted by Gasteiger charge is -2.27. The minimum atomic E-state index is -1.98. The van der Waals surface area contributed by atoms with Crippen molar-refractivity contribution in [3.05, 3.63) is 133 Å². The molecule has 37 heavy (non-hydrogen) atoms. The number of hydrazone groups is 1. The quantitative estimate of drug-likeness (QED) is 0.0996. The van der Waals surface area contributed by atoms with E-state index < -0.39 is 17.5 Å². The van der Waals surface area contributed by atoms with Crippen molar-refractivity contribution in [2.24, 2.45) is 5.10 Å². The summed E-state index contributed by atoms with van der Waals surface area (Å²) in [6.07, 6.45) is 1.34. The largest absolute Gasteiger partial charge is 0.421 e. The van der Waals surface area contributed by atoms with Crippen LogP contribution in [0.4, 0.5) is 0 Å². The predicted molar refractivity (Wildman–Crippen MR) is 153 cm³/mol. The van der Waals surface area contributed by atoms with Crippen LogP contribution in [0.15, 0.2) is 116 Å². The van der Waals surface area contributed by atoms with Gasteiger partial charge in [0.15, 0.2) is 11.4 Å². The standard InChI is InChI=1S/C28H19Br3N2O4/c29-21-15-18(25(24(31)16-21)37-26(34)22-13-7-8-14-23(22)30)17-32-33-27(35)28(36,19-9-3-1-4-10-19)20-11-5-2-6-12-20/h1-17,36H,(H,33,35). The van der Waals surface area contributed by atoms with Crippen molar-refractivity contribution in [2.75, 3.05) is 0 Å². The molecule has 186 valence electrons. The Labute approximate surface area is 238 Å². The van der Waals surface area contributed by atoms with Crippen LogP contribution in [-0.2, 0) is 10.4 Å². The van der Waals surface area contributed by atoms with E-state index in [1.54, 1.807) is 97.1 Å². The Morgan fingerprint density at radius 3 is 1.97 bits per heavy atom. The maximum absolute atomic E-state index is 13.3. The summed E-state index contributed by atoms with van der Waals surface area (Å²) >= 11 is 10.2. The fourth-order valence-corrected chi connectivity index (χ4v) is 5.37. The Morgan fingerprint density at radius 2 is 1.38 bits per heavy atom. The summed E-state index contributed by atoms with van der Waals surface area (Å²) in [6.45, 7) is 0. The van der Waals surface area contributed by atoms with Gasteiger partial charge in [-0.3, -0.25) is 4.79 Å². The molecule has 9 heteroatoms. The first kappa shape index (κ1) is 26.9. The third kappa shape index (κ3) is 6.07. The monoisotopic (exact) mass is 684 g/mol. The van der Waals surface area contributed by atoms with Crippen LogP contribution >= 0.6 is 47.8 Å². The average Bonchev–Trinajstić information content (AvgIpc) is 2.91. The molecular formula is C28H19Br3N2O4. The number of hydrogen-bond acceptors (Lipinski definition) is 5. The number of esters is 1. The lowest BCUT2D eigenvalue weighted by molar-refractivity contribution is -0.136. The Morgan fingerprint density at radius 1 is 0.811 bits per heavy atom. The molecule has 6 nitrogen and oxygen atoms in total. The van der Waals surface area contributed by atoms with Crippen molar-refractivity contribution in [3.63, 3.8) is 0 Å². The van der Waals surface area contributed by atoms with Gasteiger partial charge in [-0.2, -0.15) is 5.10 Å². The molecular weight excluding hydrogens is 668 g/mol. The van der Waals surface area contributed by atoms with Gasteiger partial charge < -0.3 is 9.84 Å². The van der Waals surface area contributed by atoms with Gasteiger partial charge in [0.2, 0.25) is 0 Å². The number of hydrogen-bond donors (Lipinski definition) is 2. The molecule has 0 aliphatic rings. The van der Waals surface area contributed by atoms with Gasteiger partial charge >= 0.3 is 5.97 Å². The van der Waals surface area contributed by atoms with Crippen molar-refractivity contribution in [1.29, 1.82) is 0 Å². The first-order valence-corrected chi connectivity index (χ1v) is 13.3. The zero-order valence-electron chi connectivity index (χ0n) is 19.1. The summed E-state index contributed by atoms with van der Waals surface area (Å²) in [5, 5.41) is 15.6. The number of rotatable bonds is 7. The maximum atomic E-state index is 13.3. The molecule has 4 aromatic carbocycles. The van der Waals surface area contributed by atoms with Crippen LogP contribution in [-0.4, -0.2) is 23.2 Å². The normalized spacial score (nSPS) is 11.4. The number of nitrogens with one attached hydrogen (secondary N) is 1. The molecule has 0 aliphatic heterocycles. The summed E-state index contributed by atoms with van der Waals surface area (Å²) in [4.78, 5) is 26.1. The number of carbonyl (C=O) groups excluding carboxylic acids is 2. The van der Waals surface area contributed by atoms with Gasteiger partial charge in [-0.25, -0.2) is 10.2 Å². The molecule has 0 heterocycles. The molecule has 0 fully saturated rings. The number of halogens is 3. The Kier molecular flexibility index (Phi) is 8.71. The molecule has 0 saturated carbocycles. The topological polar surface area (TPSA) is 88.0 Å². The summed E-state index contributed by atoms with van der Waals surface area (Å²) in [7, 11) is 0. The van der Waals surface area contributed by atoms with E-state index in [2.05, 4.69) is 58.3 Å². The Hall–Kier alpha value is -3.11. The molecule has 0 radical (unpaired) electrons. The highest BCUT2D eigenvalue weighted by Crippen LogP contribution is 2.34. The van der Waals surface area contributed by atoms with Gasteiger partial charge in [0.25, 0.3) is 5.91 Å². The molecule has 0 spiro atoms. The van der Waals surface area contributed by atoms with E-state index in [1.165, 1.54) is 6.21 Å². The van der Waals surface area contributed by atoms with Crippen LogP contribution in [0.2, 0.25) is 0 Å². The first-order chi connectivity index (χ1) is 17.8. The van der Waals surface area contributed by atoms with Crippen molar-refractivity contribution < 1.29 is 19.4 Å². The Bertz CT molecular complexity index is 1420. The molecule has 0 atom stereocenters. The van der Waals surface area contributed by atoms with Crippen LogP contribution < -0.4 is 10.2 Å². The number of carbonyl (C=O) groups is 2. The summed E-state index contributed by atoms with van der Waals surface area (Å²) in [5.41, 5.74) is 1.99. The minimum Gasteiger partial charge on any atom is -0.421 e.